The lowest BCUT2D eigenvalue weighted by Crippen LogP contribution is -2.48. The Morgan fingerprint density at radius 2 is 0.873 bits per heavy atom. The van der Waals surface area contributed by atoms with Crippen LogP contribution in [0.1, 0.15) is 108 Å². The second kappa shape index (κ2) is 47.3. The van der Waals surface area contributed by atoms with Crippen molar-refractivity contribution in [1.29, 1.82) is 5.26 Å². The Bertz CT molecular complexity index is 6310. The molecule has 4 fully saturated rings. The number of Topliss-reactive ketones (excluding diaryl/α,β-unsaturated/α-hetero) is 1. The molecule has 2 atom stereocenters. The van der Waals surface area contributed by atoms with Crippen LogP contribution in [-0.4, -0.2) is 229 Å². The van der Waals surface area contributed by atoms with Gasteiger partial charge in [0.05, 0.1) is 130 Å². The number of nitrogens with one attached hydrogen (secondary N) is 6. The number of methoxy groups -OCH3 is 2. The third kappa shape index (κ3) is 28.1. The molecule has 0 bridgehead atoms. The molecular weight excluding hydrogens is 1860 g/mol. The maximum Gasteiger partial charge on any atom is 0.416 e. The summed E-state index contributed by atoms with van der Waals surface area (Å²) in [6.07, 6.45) is 7.01. The van der Waals surface area contributed by atoms with Gasteiger partial charge in [0.2, 0.25) is 11.8 Å². The minimum atomic E-state index is -4.55. The number of alkyl halides is 8. The van der Waals surface area contributed by atoms with Crippen LogP contribution in [-0.2, 0) is 57.0 Å². The lowest BCUT2D eigenvalue weighted by molar-refractivity contribution is -0.138. The number of pyridine rings is 9. The summed E-state index contributed by atoms with van der Waals surface area (Å²) in [7, 11) is 2.85. The number of morpholine rings is 4. The predicted molar refractivity (Wildman–Crippen MR) is 510 cm³/mol. The number of carbonyl (C=O) groups excluding carboxylic acids is 7. The number of allylic oxidation sites excluding steroid dienone is 3. The van der Waals surface area contributed by atoms with Crippen LogP contribution in [0.15, 0.2) is 213 Å². The van der Waals surface area contributed by atoms with E-state index < -0.39 is 76.8 Å². The number of aryl methyl sites for hydroxylation is 2. The first-order valence-electron chi connectivity index (χ1n) is 44.7. The SMILES string of the molecule is CC(F)(F)c1cc(C(=O)NC2=CCC(=O)C(c3ccnc(N4CCOCC4)c3)=C2)ccn1.COC(=O)NC[C@@H]1CN(c2cc(-c3cc(NC(=O)c4cccc(C(F)(F)F)c4)cnc3C)ccn2)CCO1.COc1ncc(NC(=O)c2ccnc(C(C)(C)C#N)c2)cc1-c1ccnc(N2CCOCC2)c1.Cc1ncc(NC(=O)c2cccc(C(F)(F)F)c2)cc1-c1ccnc(N2CCO[C@H](CNC(=O)CO)C2)c1. The number of ether oxygens (including phenoxy) is 6. The number of alkyl carbamates (subject to hydrolysis) is 1. The normalized spacial score (nSPS) is 15.5. The molecule has 0 unspecified atom stereocenters. The van der Waals surface area contributed by atoms with Gasteiger partial charge in [-0.05, 0) is 183 Å². The summed E-state index contributed by atoms with van der Waals surface area (Å²) in [5.74, 6) is -2.53. The fraction of sp³-hybridized carbons (Fsp3) is 0.310. The summed E-state index contributed by atoms with van der Waals surface area (Å²) in [5, 5.41) is 34.3. The largest absolute Gasteiger partial charge is 0.481 e. The van der Waals surface area contributed by atoms with Gasteiger partial charge >= 0.3 is 18.4 Å². The van der Waals surface area contributed by atoms with Gasteiger partial charge in [-0.3, -0.25) is 48.7 Å². The van der Waals surface area contributed by atoms with Gasteiger partial charge < -0.3 is 85.0 Å². The molecule has 42 heteroatoms. The van der Waals surface area contributed by atoms with Crippen LogP contribution in [0, 0.1) is 25.2 Å². The van der Waals surface area contributed by atoms with Gasteiger partial charge in [0.1, 0.15) is 35.6 Å². The van der Waals surface area contributed by atoms with Crippen LogP contribution < -0.4 is 56.2 Å². The van der Waals surface area contributed by atoms with Gasteiger partial charge in [0.25, 0.3) is 29.6 Å². The van der Waals surface area contributed by atoms with E-state index in [1.807, 2.05) is 66.1 Å². The Morgan fingerprint density at radius 1 is 0.472 bits per heavy atom. The number of anilines is 7. The summed E-state index contributed by atoms with van der Waals surface area (Å²) in [6, 6.07) is 36.4. The Labute approximate surface area is 810 Å². The number of rotatable bonds is 24. The number of aliphatic hydroxyl groups is 1. The molecule has 4 saturated heterocycles. The summed E-state index contributed by atoms with van der Waals surface area (Å²) >= 11 is 0. The van der Waals surface area contributed by atoms with Crippen LogP contribution in [0.2, 0.25) is 0 Å². The van der Waals surface area contributed by atoms with Crippen LogP contribution >= 0.6 is 0 Å². The van der Waals surface area contributed by atoms with Crippen LogP contribution in [0.3, 0.4) is 0 Å². The topological polar surface area (TPSA) is 420 Å². The third-order valence-electron chi connectivity index (χ3n) is 22.8. The van der Waals surface area contributed by atoms with E-state index in [9.17, 15) is 73.9 Å². The summed E-state index contributed by atoms with van der Waals surface area (Å²) < 4.78 is 138. The van der Waals surface area contributed by atoms with E-state index in [1.54, 1.807) is 100 Å². The molecule has 16 rings (SSSR count). The molecule has 13 heterocycles. The maximum absolute atomic E-state index is 13.5. The quantitative estimate of drug-likeness (QED) is 0.0276. The Morgan fingerprint density at radius 3 is 1.32 bits per heavy atom. The van der Waals surface area contributed by atoms with Crippen molar-refractivity contribution >= 4 is 87.3 Å². The Balaban J connectivity index is 0.000000159. The molecule has 34 nitrogen and oxygen atoms in total. The first-order chi connectivity index (χ1) is 68.0. The van der Waals surface area contributed by atoms with Gasteiger partial charge in [-0.1, -0.05) is 18.2 Å². The highest BCUT2D eigenvalue weighted by Crippen LogP contribution is 2.38. The van der Waals surface area contributed by atoms with Crippen molar-refractivity contribution in [3.05, 3.63) is 275 Å². The van der Waals surface area contributed by atoms with Gasteiger partial charge in [0, 0.05) is 178 Å². The Hall–Kier alpha value is -15.7. The number of aliphatic hydroxyl groups excluding tert-OH is 1. The molecule has 0 radical (unpaired) electrons. The smallest absolute Gasteiger partial charge is 0.416 e. The summed E-state index contributed by atoms with van der Waals surface area (Å²) in [4.78, 5) is 133. The van der Waals surface area contributed by atoms with E-state index in [4.69, 9.17) is 28.8 Å². The molecule has 7 N–H and O–H groups in total. The number of benzene rings is 2. The molecule has 5 aliphatic rings. The minimum Gasteiger partial charge on any atom is -0.481 e. The maximum atomic E-state index is 13.5. The zero-order valence-corrected chi connectivity index (χ0v) is 78.1. The van der Waals surface area contributed by atoms with Gasteiger partial charge in [0.15, 0.2) is 5.78 Å². The van der Waals surface area contributed by atoms with E-state index in [-0.39, 0.29) is 53.6 Å². The van der Waals surface area contributed by atoms with Gasteiger partial charge in [-0.25, -0.2) is 29.7 Å². The van der Waals surface area contributed by atoms with E-state index in [2.05, 4.69) is 97.4 Å². The highest BCUT2D eigenvalue weighted by Gasteiger charge is 2.35. The van der Waals surface area contributed by atoms with Crippen molar-refractivity contribution in [2.75, 3.05) is 161 Å². The Kier molecular flexibility index (Phi) is 34.5. The number of carbonyl (C=O) groups is 7. The van der Waals surface area contributed by atoms with Crippen LogP contribution in [0.4, 0.5) is 80.3 Å². The highest BCUT2D eigenvalue weighted by molar-refractivity contribution is 6.23. The average Bonchev–Trinajstić information content (AvgIpc) is 0.809. The lowest BCUT2D eigenvalue weighted by Gasteiger charge is -2.34. The molecule has 6 amide bonds. The molecule has 0 spiro atoms. The molecule has 740 valence electrons. The zero-order valence-electron chi connectivity index (χ0n) is 78.1. The summed E-state index contributed by atoms with van der Waals surface area (Å²) in [5.41, 5.74) is 6.46. The number of amides is 6. The standard InChI is InChI=1S/2C26H26F3N5O4.C25H26N6O3.C23H22F2N4O3/c1-16-22(12-20(13-31-16)33-24(35)18-4-3-5-19(10-18)26(27,28)29)17-6-7-30-23(11-17)34-8-9-38-21(15-34)14-32-25(36)37-2;1-16-22(11-20(12-31-16)33-25(37)18-3-2-4-19(9-18)26(27,28)29)17-5-6-30-23(10-17)34-7-8-38-21(14-34)13-32-24(36)15-35;1-25(2,16-26)21-12-18(5-6-27-21)23(32)30-19-14-20(24(33-3)29-15-19)17-4-7-28-22(13-17)31-8-10-34-11-9-31;1-23(24,25)20-12-16(5-6-26-20)22(31)28-17-2-3-19(30)18(14-17)15-4-7-27-21(13-15)29-8-10-32-11-9-29/h3-7,10-13,21H,8-9,14-15H2,1-2H3,(H,32,36)(H,33,35);2-6,9-12,21,35H,7-8,13-15H2,1H3,(H,32,36)(H,33,37);4-7,12-15H,8-11H2,1-3H3,(H,30,32);2,4-7,12-14H,3,8-11H2,1H3,(H,28,31)/t2*21-;;/m11../s1. The lowest BCUT2D eigenvalue weighted by atomic mass is 9.90. The van der Waals surface area contributed by atoms with Crippen molar-refractivity contribution in [1.82, 2.24) is 60.8 Å². The first kappa shape index (κ1) is 104. The molecule has 9 aromatic heterocycles. The summed E-state index contributed by atoms with van der Waals surface area (Å²) in [6.45, 7) is 16.5. The van der Waals surface area contributed by atoms with Crippen molar-refractivity contribution in [2.45, 2.75) is 76.9 Å². The van der Waals surface area contributed by atoms with E-state index >= 15 is 0 Å². The van der Waals surface area contributed by atoms with Crippen molar-refractivity contribution in [3.8, 4) is 45.3 Å². The number of hydrogen-bond donors (Lipinski definition) is 7. The second-order valence-electron chi connectivity index (χ2n) is 33.3. The van der Waals surface area contributed by atoms with Crippen molar-refractivity contribution < 1.29 is 102 Å². The van der Waals surface area contributed by atoms with Gasteiger partial charge in [-0.2, -0.15) is 40.4 Å². The monoisotopic (exact) mass is 1960 g/mol. The number of halogens is 8. The predicted octanol–water partition coefficient (Wildman–Crippen LogP) is 13.9. The molecule has 0 saturated carbocycles. The molecular formula is C100H100F8N20O14. The molecule has 1 aliphatic carbocycles. The van der Waals surface area contributed by atoms with Crippen LogP contribution in [0.5, 0.6) is 5.88 Å². The molecule has 4 aliphatic heterocycles. The van der Waals surface area contributed by atoms with Crippen molar-refractivity contribution in [2.24, 2.45) is 0 Å². The first-order valence-corrected chi connectivity index (χ1v) is 44.7. The molecule has 2 aromatic carbocycles. The van der Waals surface area contributed by atoms with Crippen molar-refractivity contribution in [3.63, 3.8) is 0 Å². The van der Waals surface area contributed by atoms with E-state index in [0.29, 0.717) is 146 Å². The number of nitriles is 1. The number of hydrogen-bond acceptors (Lipinski definition) is 28. The third-order valence-corrected chi connectivity index (χ3v) is 22.8. The fourth-order valence-corrected chi connectivity index (χ4v) is 15.2. The molecule has 142 heavy (non-hydrogen) atoms. The van der Waals surface area contributed by atoms with E-state index in [0.717, 1.165) is 108 Å². The minimum absolute atomic E-state index is 0.0581. The van der Waals surface area contributed by atoms with Gasteiger partial charge in [-0.15, -0.1) is 0 Å². The fourth-order valence-electron chi connectivity index (χ4n) is 15.2. The number of aromatic nitrogens is 9. The number of ketones is 1. The zero-order chi connectivity index (χ0) is 101. The van der Waals surface area contributed by atoms with E-state index in [1.165, 1.54) is 62.2 Å². The van der Waals surface area contributed by atoms with Crippen LogP contribution in [0.25, 0.3) is 39.0 Å². The second-order valence-corrected chi connectivity index (χ2v) is 33.3. The number of nitrogens with zero attached hydrogens (tertiary/aromatic N) is 14. The molecule has 11 aromatic rings. The highest BCUT2D eigenvalue weighted by atomic mass is 19.4. The average molecular weight is 1960 g/mol.